The third kappa shape index (κ3) is 2.74. The molecule has 2 aromatic rings. The number of halogens is 1. The lowest BCUT2D eigenvalue weighted by atomic mass is 10.0. The fourth-order valence-corrected chi connectivity index (χ4v) is 2.79. The number of carboxylic acids is 1. The standard InChI is InChI=1S/C14H13BrN4O4/c1-2-23-11-4-7(3-8(15)12(11)20)10-5-9(13(21)22)18-14-16-6-17-19(10)14/h3-6,10,20H,2H2,1H3,(H,21,22)(H,16,17,18). The largest absolute Gasteiger partial charge is 0.503 e. The number of carbonyl (C=O) groups is 1. The fraction of sp³-hybridized carbons (Fsp3) is 0.214. The number of hydrogen-bond donors (Lipinski definition) is 3. The van der Waals surface area contributed by atoms with Crippen molar-refractivity contribution in [2.24, 2.45) is 0 Å². The Morgan fingerprint density at radius 3 is 3.00 bits per heavy atom. The van der Waals surface area contributed by atoms with Crippen molar-refractivity contribution in [2.45, 2.75) is 13.0 Å². The topological polar surface area (TPSA) is 110 Å². The van der Waals surface area contributed by atoms with Crippen molar-refractivity contribution in [1.82, 2.24) is 14.8 Å². The maximum atomic E-state index is 11.3. The summed E-state index contributed by atoms with van der Waals surface area (Å²) >= 11 is 3.28. The Morgan fingerprint density at radius 2 is 2.30 bits per heavy atom. The number of phenols is 1. The van der Waals surface area contributed by atoms with Gasteiger partial charge in [0.15, 0.2) is 11.5 Å². The number of aromatic hydroxyl groups is 1. The smallest absolute Gasteiger partial charge is 0.352 e. The number of hydrogen-bond acceptors (Lipinski definition) is 6. The van der Waals surface area contributed by atoms with E-state index in [0.29, 0.717) is 28.3 Å². The number of rotatable bonds is 4. The zero-order valence-corrected chi connectivity index (χ0v) is 13.6. The van der Waals surface area contributed by atoms with E-state index < -0.39 is 12.0 Å². The van der Waals surface area contributed by atoms with Gasteiger partial charge >= 0.3 is 5.97 Å². The maximum absolute atomic E-state index is 11.3. The summed E-state index contributed by atoms with van der Waals surface area (Å²) in [5, 5.41) is 26.1. The first-order chi connectivity index (χ1) is 11.0. The SMILES string of the molecule is CCOc1cc(C2C=C(C(=O)O)Nc3ncnn32)cc(Br)c1O. The van der Waals surface area contributed by atoms with Crippen LogP contribution in [0.3, 0.4) is 0 Å². The van der Waals surface area contributed by atoms with Crippen molar-refractivity contribution in [2.75, 3.05) is 11.9 Å². The number of nitrogens with zero attached hydrogens (tertiary/aromatic N) is 3. The predicted molar refractivity (Wildman–Crippen MR) is 84.5 cm³/mol. The molecular formula is C14H13BrN4O4. The number of allylic oxidation sites excluding steroid dienone is 1. The zero-order valence-electron chi connectivity index (χ0n) is 12.0. The maximum Gasteiger partial charge on any atom is 0.352 e. The highest BCUT2D eigenvalue weighted by molar-refractivity contribution is 9.10. The number of benzene rings is 1. The minimum Gasteiger partial charge on any atom is -0.503 e. The van der Waals surface area contributed by atoms with Gasteiger partial charge in [-0.05, 0) is 46.6 Å². The molecule has 0 saturated carbocycles. The molecule has 120 valence electrons. The molecule has 0 radical (unpaired) electrons. The molecule has 0 fully saturated rings. The van der Waals surface area contributed by atoms with Crippen LogP contribution in [0.25, 0.3) is 0 Å². The first-order valence-electron chi connectivity index (χ1n) is 6.78. The minimum atomic E-state index is -1.09. The number of aromatic nitrogens is 3. The average Bonchev–Trinajstić information content (AvgIpc) is 2.99. The third-order valence-electron chi connectivity index (χ3n) is 3.33. The molecule has 9 heteroatoms. The summed E-state index contributed by atoms with van der Waals surface area (Å²) in [6.45, 7) is 2.20. The lowest BCUT2D eigenvalue weighted by Crippen LogP contribution is -2.24. The lowest BCUT2D eigenvalue weighted by molar-refractivity contribution is -0.132. The number of nitrogens with one attached hydrogen (secondary N) is 1. The van der Waals surface area contributed by atoms with Crippen LogP contribution in [-0.2, 0) is 4.79 Å². The van der Waals surface area contributed by atoms with Gasteiger partial charge in [-0.3, -0.25) is 0 Å². The first-order valence-corrected chi connectivity index (χ1v) is 7.57. The van der Waals surface area contributed by atoms with Crippen LogP contribution in [0.4, 0.5) is 5.95 Å². The molecule has 23 heavy (non-hydrogen) atoms. The molecule has 0 spiro atoms. The number of ether oxygens (including phenoxy) is 1. The van der Waals surface area contributed by atoms with Gasteiger partial charge in [0.1, 0.15) is 18.1 Å². The second-order valence-corrected chi connectivity index (χ2v) is 5.62. The van der Waals surface area contributed by atoms with Gasteiger partial charge in [0.25, 0.3) is 0 Å². The van der Waals surface area contributed by atoms with Crippen molar-refractivity contribution in [1.29, 1.82) is 0 Å². The van der Waals surface area contributed by atoms with E-state index in [-0.39, 0.29) is 11.4 Å². The summed E-state index contributed by atoms with van der Waals surface area (Å²) in [6.07, 6.45) is 2.87. The molecule has 3 N–H and O–H groups in total. The molecule has 3 rings (SSSR count). The Bertz CT molecular complexity index is 802. The quantitative estimate of drug-likeness (QED) is 0.744. The van der Waals surface area contributed by atoms with E-state index in [1.54, 1.807) is 16.8 Å². The van der Waals surface area contributed by atoms with E-state index in [4.69, 9.17) is 4.74 Å². The van der Waals surface area contributed by atoms with Gasteiger partial charge in [0.05, 0.1) is 11.1 Å². The third-order valence-corrected chi connectivity index (χ3v) is 3.93. The van der Waals surface area contributed by atoms with Gasteiger partial charge in [-0.2, -0.15) is 10.1 Å². The van der Waals surface area contributed by atoms with Gasteiger partial charge in [0.2, 0.25) is 5.95 Å². The van der Waals surface area contributed by atoms with Crippen LogP contribution in [-0.4, -0.2) is 37.6 Å². The van der Waals surface area contributed by atoms with Crippen molar-refractivity contribution in [3.8, 4) is 11.5 Å². The van der Waals surface area contributed by atoms with Crippen LogP contribution in [0.2, 0.25) is 0 Å². The molecule has 8 nitrogen and oxygen atoms in total. The normalized spacial score (nSPS) is 16.3. The van der Waals surface area contributed by atoms with Gasteiger partial charge in [-0.15, -0.1) is 0 Å². The van der Waals surface area contributed by atoms with Crippen LogP contribution >= 0.6 is 15.9 Å². The van der Waals surface area contributed by atoms with E-state index >= 15 is 0 Å². The number of anilines is 1. The number of carboxylic acid groups (broad SMARTS) is 1. The Morgan fingerprint density at radius 1 is 1.52 bits per heavy atom. The molecule has 2 heterocycles. The Labute approximate surface area is 139 Å². The van der Waals surface area contributed by atoms with Crippen LogP contribution in [0.5, 0.6) is 11.5 Å². The molecule has 0 saturated heterocycles. The van der Waals surface area contributed by atoms with Crippen molar-refractivity contribution in [3.05, 3.63) is 40.3 Å². The molecule has 1 aromatic carbocycles. The van der Waals surface area contributed by atoms with Crippen molar-refractivity contribution < 1.29 is 19.7 Å². The highest BCUT2D eigenvalue weighted by Crippen LogP contribution is 2.39. The van der Waals surface area contributed by atoms with Crippen LogP contribution in [0.1, 0.15) is 18.5 Å². The molecule has 0 bridgehead atoms. The van der Waals surface area contributed by atoms with E-state index in [1.165, 1.54) is 12.4 Å². The van der Waals surface area contributed by atoms with E-state index in [2.05, 4.69) is 31.3 Å². The summed E-state index contributed by atoms with van der Waals surface area (Å²) in [5.74, 6) is -0.461. The first kappa shape index (κ1) is 15.3. The van der Waals surface area contributed by atoms with E-state index in [1.807, 2.05) is 6.92 Å². The van der Waals surface area contributed by atoms with Crippen LogP contribution in [0.15, 0.2) is 34.7 Å². The molecule has 1 atom stereocenters. The highest BCUT2D eigenvalue weighted by atomic mass is 79.9. The minimum absolute atomic E-state index is 0.00853. The predicted octanol–water partition coefficient (Wildman–Crippen LogP) is 2.13. The summed E-state index contributed by atoms with van der Waals surface area (Å²) in [6, 6.07) is 2.85. The Kier molecular flexibility index (Phi) is 3.95. The molecule has 0 amide bonds. The van der Waals surface area contributed by atoms with Crippen molar-refractivity contribution >= 4 is 27.8 Å². The van der Waals surface area contributed by atoms with Crippen LogP contribution < -0.4 is 10.1 Å². The van der Waals surface area contributed by atoms with Crippen LogP contribution in [0, 0.1) is 0 Å². The van der Waals surface area contributed by atoms with Crippen molar-refractivity contribution in [3.63, 3.8) is 0 Å². The molecule has 1 aliphatic heterocycles. The fourth-order valence-electron chi connectivity index (χ4n) is 2.33. The summed E-state index contributed by atoms with van der Waals surface area (Å²) < 4.78 is 7.42. The lowest BCUT2D eigenvalue weighted by Gasteiger charge is -2.23. The Balaban J connectivity index is 2.12. The second kappa shape index (κ2) is 5.92. The number of aliphatic carboxylic acids is 1. The average molecular weight is 381 g/mol. The molecule has 1 aromatic heterocycles. The van der Waals surface area contributed by atoms with E-state index in [9.17, 15) is 15.0 Å². The Hall–Kier alpha value is -2.55. The molecule has 1 aliphatic rings. The summed E-state index contributed by atoms with van der Waals surface area (Å²) in [4.78, 5) is 15.3. The number of fused-ring (bicyclic) bond motifs is 1. The summed E-state index contributed by atoms with van der Waals surface area (Å²) in [7, 11) is 0. The zero-order chi connectivity index (χ0) is 16.6. The van der Waals surface area contributed by atoms with Gasteiger partial charge < -0.3 is 20.3 Å². The molecular weight excluding hydrogens is 368 g/mol. The van der Waals surface area contributed by atoms with Gasteiger partial charge in [-0.1, -0.05) is 0 Å². The second-order valence-electron chi connectivity index (χ2n) is 4.77. The summed E-state index contributed by atoms with van der Waals surface area (Å²) in [5.41, 5.74) is 0.711. The monoisotopic (exact) mass is 380 g/mol. The van der Waals surface area contributed by atoms with Gasteiger partial charge in [-0.25, -0.2) is 9.48 Å². The van der Waals surface area contributed by atoms with E-state index in [0.717, 1.165) is 0 Å². The molecule has 0 aliphatic carbocycles. The van der Waals surface area contributed by atoms with Gasteiger partial charge in [0, 0.05) is 0 Å². The molecule has 1 unspecified atom stereocenters. The number of phenolic OH excluding ortho intramolecular Hbond substituents is 1. The highest BCUT2D eigenvalue weighted by Gasteiger charge is 2.27.